The highest BCUT2D eigenvalue weighted by Crippen LogP contribution is 2.16. The number of hydrogen-bond donors (Lipinski definition) is 1. The van der Waals surface area contributed by atoms with E-state index in [1.807, 2.05) is 43.5 Å². The fraction of sp³-hybridized carbons (Fsp3) is 0.167. The zero-order valence-corrected chi connectivity index (χ0v) is 12.7. The first kappa shape index (κ1) is 15.4. The van der Waals surface area contributed by atoms with Gasteiger partial charge in [0.1, 0.15) is 0 Å². The summed E-state index contributed by atoms with van der Waals surface area (Å²) >= 11 is 0. The van der Waals surface area contributed by atoms with Gasteiger partial charge in [-0.25, -0.2) is 13.5 Å². The Morgan fingerprint density at radius 1 is 1.09 bits per heavy atom. The maximum Gasteiger partial charge on any atom is 0.159 e. The quantitative estimate of drug-likeness (QED) is 0.771. The molecule has 0 aliphatic rings. The van der Waals surface area contributed by atoms with Gasteiger partial charge in [-0.05, 0) is 36.8 Å². The van der Waals surface area contributed by atoms with Crippen LogP contribution in [0, 0.1) is 11.6 Å². The molecule has 118 valence electrons. The van der Waals surface area contributed by atoms with E-state index in [1.165, 1.54) is 6.07 Å². The van der Waals surface area contributed by atoms with Gasteiger partial charge in [-0.2, -0.15) is 5.10 Å². The van der Waals surface area contributed by atoms with Gasteiger partial charge in [0.25, 0.3) is 0 Å². The molecular weight excluding hydrogens is 296 g/mol. The molecule has 0 spiro atoms. The van der Waals surface area contributed by atoms with Crippen LogP contribution in [0.1, 0.15) is 24.1 Å². The van der Waals surface area contributed by atoms with Crippen molar-refractivity contribution in [3.63, 3.8) is 0 Å². The molecule has 1 atom stereocenters. The second-order valence-electron chi connectivity index (χ2n) is 5.40. The van der Waals surface area contributed by atoms with Crippen molar-refractivity contribution in [1.29, 1.82) is 0 Å². The van der Waals surface area contributed by atoms with Crippen molar-refractivity contribution in [3.8, 4) is 5.69 Å². The molecule has 3 nitrogen and oxygen atoms in total. The number of aromatic nitrogens is 2. The molecule has 0 unspecified atom stereocenters. The molecule has 0 saturated heterocycles. The van der Waals surface area contributed by atoms with Gasteiger partial charge in [0.15, 0.2) is 11.6 Å². The summed E-state index contributed by atoms with van der Waals surface area (Å²) in [5, 5.41) is 7.61. The smallest absolute Gasteiger partial charge is 0.159 e. The molecule has 23 heavy (non-hydrogen) atoms. The van der Waals surface area contributed by atoms with Crippen molar-refractivity contribution in [3.05, 3.63) is 83.7 Å². The summed E-state index contributed by atoms with van der Waals surface area (Å²) < 4.78 is 28.1. The molecule has 0 amide bonds. The lowest BCUT2D eigenvalue weighted by atomic mass is 10.1. The van der Waals surface area contributed by atoms with Gasteiger partial charge in [-0.15, -0.1) is 0 Å². The Morgan fingerprint density at radius 3 is 2.61 bits per heavy atom. The van der Waals surface area contributed by atoms with Crippen LogP contribution in [0.15, 0.2) is 60.9 Å². The normalized spacial score (nSPS) is 12.3. The third kappa shape index (κ3) is 3.63. The maximum atomic E-state index is 13.3. The van der Waals surface area contributed by atoms with E-state index in [0.29, 0.717) is 12.1 Å². The number of para-hydroxylation sites is 1. The summed E-state index contributed by atoms with van der Waals surface area (Å²) in [6, 6.07) is 13.7. The molecule has 1 N–H and O–H groups in total. The summed E-state index contributed by atoms with van der Waals surface area (Å²) in [5.74, 6) is -1.65. The Balaban J connectivity index is 1.64. The van der Waals surface area contributed by atoms with Gasteiger partial charge in [0.05, 0.1) is 11.9 Å². The average molecular weight is 313 g/mol. The minimum atomic E-state index is -0.829. The lowest BCUT2D eigenvalue weighted by Gasteiger charge is -2.13. The van der Waals surface area contributed by atoms with Crippen molar-refractivity contribution >= 4 is 0 Å². The summed E-state index contributed by atoms with van der Waals surface area (Å²) in [4.78, 5) is 0. The molecule has 1 aromatic heterocycles. The number of nitrogens with one attached hydrogen (secondary N) is 1. The second kappa shape index (κ2) is 6.71. The first-order valence-corrected chi connectivity index (χ1v) is 7.41. The van der Waals surface area contributed by atoms with E-state index in [9.17, 15) is 8.78 Å². The van der Waals surface area contributed by atoms with Crippen LogP contribution in [0.3, 0.4) is 0 Å². The van der Waals surface area contributed by atoms with E-state index in [-0.39, 0.29) is 6.04 Å². The Labute approximate surface area is 133 Å². The van der Waals surface area contributed by atoms with Gasteiger partial charge in [-0.1, -0.05) is 24.3 Å². The Bertz CT molecular complexity index is 784. The van der Waals surface area contributed by atoms with Crippen molar-refractivity contribution in [2.24, 2.45) is 0 Å². The van der Waals surface area contributed by atoms with E-state index in [4.69, 9.17) is 0 Å². The van der Waals surface area contributed by atoms with Crippen LogP contribution in [0.2, 0.25) is 0 Å². The van der Waals surface area contributed by atoms with Crippen molar-refractivity contribution in [2.75, 3.05) is 0 Å². The van der Waals surface area contributed by atoms with E-state index < -0.39 is 11.6 Å². The molecule has 0 fully saturated rings. The van der Waals surface area contributed by atoms with Crippen LogP contribution >= 0.6 is 0 Å². The molecule has 1 heterocycles. The van der Waals surface area contributed by atoms with Gasteiger partial charge in [0.2, 0.25) is 0 Å². The highest BCUT2D eigenvalue weighted by atomic mass is 19.2. The molecule has 0 aliphatic heterocycles. The predicted octanol–water partition coefficient (Wildman–Crippen LogP) is 4.00. The number of rotatable bonds is 5. The van der Waals surface area contributed by atoms with Gasteiger partial charge < -0.3 is 5.32 Å². The fourth-order valence-electron chi connectivity index (χ4n) is 2.34. The molecular formula is C18H17F2N3. The van der Waals surface area contributed by atoms with Crippen LogP contribution in [0.25, 0.3) is 5.69 Å². The van der Waals surface area contributed by atoms with Crippen LogP contribution in [0.5, 0.6) is 0 Å². The predicted molar refractivity (Wildman–Crippen MR) is 85.2 cm³/mol. The molecule has 0 saturated carbocycles. The lowest BCUT2D eigenvalue weighted by molar-refractivity contribution is 0.500. The molecule has 3 aromatic rings. The average Bonchev–Trinajstić information content (AvgIpc) is 3.05. The van der Waals surface area contributed by atoms with Crippen LogP contribution in [0.4, 0.5) is 8.78 Å². The molecule has 3 rings (SSSR count). The Morgan fingerprint density at radius 2 is 1.87 bits per heavy atom. The minimum absolute atomic E-state index is 0.0924. The standard InChI is InChI=1S/C18H17F2N3/c1-13(15-7-8-17(19)18(20)9-15)21-10-14-11-22-23(12-14)16-5-3-2-4-6-16/h2-9,11-13,21H,10H2,1H3/t13-/m0/s1. The minimum Gasteiger partial charge on any atom is -0.306 e. The SMILES string of the molecule is C[C@H](NCc1cnn(-c2ccccc2)c1)c1ccc(F)c(F)c1. The molecule has 0 aliphatic carbocycles. The van der Waals surface area contributed by atoms with Crippen LogP contribution < -0.4 is 5.32 Å². The van der Waals surface area contributed by atoms with Gasteiger partial charge in [0, 0.05) is 24.3 Å². The zero-order valence-electron chi connectivity index (χ0n) is 12.7. The van der Waals surface area contributed by atoms with Gasteiger partial charge >= 0.3 is 0 Å². The first-order chi connectivity index (χ1) is 11.1. The first-order valence-electron chi connectivity index (χ1n) is 7.41. The zero-order chi connectivity index (χ0) is 16.2. The summed E-state index contributed by atoms with van der Waals surface area (Å²) in [5.41, 5.74) is 2.72. The highest BCUT2D eigenvalue weighted by Gasteiger charge is 2.09. The Kier molecular flexibility index (Phi) is 4.48. The number of nitrogens with zero attached hydrogens (tertiary/aromatic N) is 2. The van der Waals surface area contributed by atoms with Crippen LogP contribution in [-0.2, 0) is 6.54 Å². The van der Waals surface area contributed by atoms with E-state index >= 15 is 0 Å². The largest absolute Gasteiger partial charge is 0.306 e. The molecule has 0 bridgehead atoms. The second-order valence-corrected chi connectivity index (χ2v) is 5.40. The highest BCUT2D eigenvalue weighted by molar-refractivity contribution is 5.31. The van der Waals surface area contributed by atoms with Gasteiger partial charge in [-0.3, -0.25) is 0 Å². The van der Waals surface area contributed by atoms with E-state index in [2.05, 4.69) is 10.4 Å². The number of hydrogen-bond acceptors (Lipinski definition) is 2. The van der Waals surface area contributed by atoms with E-state index in [1.54, 1.807) is 16.9 Å². The summed E-state index contributed by atoms with van der Waals surface area (Å²) in [6.45, 7) is 2.50. The monoisotopic (exact) mass is 313 g/mol. The molecule has 5 heteroatoms. The third-order valence-electron chi connectivity index (χ3n) is 3.71. The summed E-state index contributed by atoms with van der Waals surface area (Å²) in [7, 11) is 0. The third-order valence-corrected chi connectivity index (χ3v) is 3.71. The Hall–Kier alpha value is -2.53. The van der Waals surface area contributed by atoms with Crippen molar-refractivity contribution in [2.45, 2.75) is 19.5 Å². The van der Waals surface area contributed by atoms with Crippen LogP contribution in [-0.4, -0.2) is 9.78 Å². The lowest BCUT2D eigenvalue weighted by Crippen LogP contribution is -2.18. The topological polar surface area (TPSA) is 29.9 Å². The number of benzene rings is 2. The van der Waals surface area contributed by atoms with Crippen molar-refractivity contribution in [1.82, 2.24) is 15.1 Å². The molecule has 2 aromatic carbocycles. The summed E-state index contributed by atoms with van der Waals surface area (Å²) in [6.07, 6.45) is 3.73. The molecule has 0 radical (unpaired) electrons. The van der Waals surface area contributed by atoms with E-state index in [0.717, 1.165) is 17.3 Å². The maximum absolute atomic E-state index is 13.3. The number of halogens is 2. The van der Waals surface area contributed by atoms with Crippen molar-refractivity contribution < 1.29 is 8.78 Å². The fourth-order valence-corrected chi connectivity index (χ4v) is 2.34.